The third-order valence-corrected chi connectivity index (χ3v) is 4.69. The first-order chi connectivity index (χ1) is 11.6. The molecule has 0 radical (unpaired) electrons. The number of hydrogen-bond donors (Lipinski definition) is 1. The molecule has 0 spiro atoms. The van der Waals surface area contributed by atoms with E-state index in [4.69, 9.17) is 4.42 Å². The molecule has 2 atom stereocenters. The summed E-state index contributed by atoms with van der Waals surface area (Å²) in [6.07, 6.45) is 9.13. The fourth-order valence-corrected chi connectivity index (χ4v) is 2.83. The fourth-order valence-electron chi connectivity index (χ4n) is 2.83. The van der Waals surface area contributed by atoms with Crippen LogP contribution in [0.4, 0.5) is 0 Å². The summed E-state index contributed by atoms with van der Waals surface area (Å²) in [5, 5.41) is 2.90. The Balaban J connectivity index is 2.42. The lowest BCUT2D eigenvalue weighted by Crippen LogP contribution is -2.35. The lowest BCUT2D eigenvalue weighted by Gasteiger charge is -2.21. The number of hydrogen-bond acceptors (Lipinski definition) is 3. The van der Waals surface area contributed by atoms with Gasteiger partial charge in [0.1, 0.15) is 11.5 Å². The van der Waals surface area contributed by atoms with Gasteiger partial charge in [-0.25, -0.2) is 0 Å². The Morgan fingerprint density at radius 2 is 1.92 bits per heavy atom. The van der Waals surface area contributed by atoms with Crippen LogP contribution in [-0.2, 0) is 16.1 Å². The number of unbranched alkanes of at least 4 members (excludes halogenated alkanes) is 4. The predicted octanol–water partition coefficient (Wildman–Crippen LogP) is 4.88. The maximum absolute atomic E-state index is 12.5. The molecule has 4 heteroatoms. The van der Waals surface area contributed by atoms with Crippen molar-refractivity contribution in [2.45, 2.75) is 78.7 Å². The molecule has 0 aliphatic heterocycles. The van der Waals surface area contributed by atoms with E-state index in [2.05, 4.69) is 19.2 Å². The molecule has 0 bridgehead atoms. The Hall–Kier alpha value is -1.58. The van der Waals surface area contributed by atoms with E-state index >= 15 is 0 Å². The Kier molecular flexibility index (Phi) is 10.1. The van der Waals surface area contributed by atoms with E-state index in [-0.39, 0.29) is 23.5 Å². The standard InChI is InChI=1S/C20H33NO3/c1-4-6-7-8-9-11-17(22)14-19(16(3)5-2)20(23)21-15-18-12-10-13-24-18/h10,12-13,16,19H,4-9,11,14-15H2,1-3H3,(H,21,23). The van der Waals surface area contributed by atoms with E-state index in [0.717, 1.165) is 25.0 Å². The van der Waals surface area contributed by atoms with E-state index < -0.39 is 0 Å². The van der Waals surface area contributed by atoms with Crippen molar-refractivity contribution in [3.8, 4) is 0 Å². The molecule has 136 valence electrons. The first kappa shape index (κ1) is 20.5. The number of carbonyl (C=O) groups is 2. The van der Waals surface area contributed by atoms with Gasteiger partial charge in [-0.2, -0.15) is 0 Å². The average Bonchev–Trinajstić information content (AvgIpc) is 3.10. The molecule has 24 heavy (non-hydrogen) atoms. The zero-order chi connectivity index (χ0) is 17.8. The molecule has 0 aliphatic carbocycles. The lowest BCUT2D eigenvalue weighted by molar-refractivity contribution is -0.131. The van der Waals surface area contributed by atoms with Crippen molar-refractivity contribution < 1.29 is 14.0 Å². The third-order valence-electron chi connectivity index (χ3n) is 4.69. The Morgan fingerprint density at radius 1 is 1.17 bits per heavy atom. The van der Waals surface area contributed by atoms with Crippen LogP contribution in [0, 0.1) is 11.8 Å². The van der Waals surface area contributed by atoms with Crippen LogP contribution in [0.15, 0.2) is 22.8 Å². The smallest absolute Gasteiger partial charge is 0.224 e. The first-order valence-electron chi connectivity index (χ1n) is 9.40. The molecule has 4 nitrogen and oxygen atoms in total. The van der Waals surface area contributed by atoms with E-state index in [0.29, 0.717) is 19.4 Å². The van der Waals surface area contributed by atoms with Gasteiger partial charge in [0.05, 0.1) is 12.8 Å². The first-order valence-corrected chi connectivity index (χ1v) is 9.40. The van der Waals surface area contributed by atoms with E-state index in [9.17, 15) is 9.59 Å². The second-order valence-electron chi connectivity index (χ2n) is 6.70. The number of ketones is 1. The minimum Gasteiger partial charge on any atom is -0.467 e. The predicted molar refractivity (Wildman–Crippen MR) is 96.5 cm³/mol. The van der Waals surface area contributed by atoms with Crippen molar-refractivity contribution in [2.75, 3.05) is 0 Å². The quantitative estimate of drug-likeness (QED) is 0.523. The highest BCUT2D eigenvalue weighted by atomic mass is 16.3. The summed E-state index contributed by atoms with van der Waals surface area (Å²) < 4.78 is 5.24. The Bertz CT molecular complexity index is 467. The molecule has 0 saturated heterocycles. The Morgan fingerprint density at radius 3 is 2.54 bits per heavy atom. The summed E-state index contributed by atoms with van der Waals surface area (Å²) in [6, 6.07) is 3.63. The molecule has 1 amide bonds. The number of nitrogens with one attached hydrogen (secondary N) is 1. The zero-order valence-electron chi connectivity index (χ0n) is 15.5. The molecular weight excluding hydrogens is 302 g/mol. The average molecular weight is 335 g/mol. The Labute approximate surface area is 146 Å². The third kappa shape index (κ3) is 7.80. The van der Waals surface area contributed by atoms with Crippen LogP contribution >= 0.6 is 0 Å². The van der Waals surface area contributed by atoms with Crippen molar-refractivity contribution in [3.05, 3.63) is 24.2 Å². The van der Waals surface area contributed by atoms with Crippen LogP contribution in [0.25, 0.3) is 0 Å². The van der Waals surface area contributed by atoms with Crippen LogP contribution in [0.2, 0.25) is 0 Å². The van der Waals surface area contributed by atoms with Crippen molar-refractivity contribution in [1.82, 2.24) is 5.32 Å². The highest BCUT2D eigenvalue weighted by Gasteiger charge is 2.26. The van der Waals surface area contributed by atoms with Gasteiger partial charge in [-0.1, -0.05) is 52.9 Å². The van der Waals surface area contributed by atoms with Gasteiger partial charge in [-0.3, -0.25) is 9.59 Å². The molecule has 1 heterocycles. The summed E-state index contributed by atoms with van der Waals surface area (Å²) >= 11 is 0. The summed E-state index contributed by atoms with van der Waals surface area (Å²) in [5.74, 6) is 0.859. The molecule has 1 rings (SSSR count). The second kappa shape index (κ2) is 11.9. The number of rotatable bonds is 13. The molecule has 1 N–H and O–H groups in total. The van der Waals surface area contributed by atoms with Gasteiger partial charge >= 0.3 is 0 Å². The summed E-state index contributed by atoms with van der Waals surface area (Å²) in [4.78, 5) is 24.7. The summed E-state index contributed by atoms with van der Waals surface area (Å²) in [7, 11) is 0. The number of amides is 1. The number of Topliss-reactive ketones (excluding diaryl/α,β-unsaturated/α-hetero) is 1. The van der Waals surface area contributed by atoms with Crippen molar-refractivity contribution >= 4 is 11.7 Å². The summed E-state index contributed by atoms with van der Waals surface area (Å²) in [6.45, 7) is 6.67. The molecule has 2 unspecified atom stereocenters. The molecule has 1 aromatic heterocycles. The highest BCUT2D eigenvalue weighted by molar-refractivity contribution is 5.86. The maximum Gasteiger partial charge on any atom is 0.224 e. The van der Waals surface area contributed by atoms with Gasteiger partial charge in [0.25, 0.3) is 0 Å². The zero-order valence-corrected chi connectivity index (χ0v) is 15.5. The van der Waals surface area contributed by atoms with E-state index in [1.54, 1.807) is 12.3 Å². The fraction of sp³-hybridized carbons (Fsp3) is 0.700. The van der Waals surface area contributed by atoms with Gasteiger partial charge in [-0.05, 0) is 24.5 Å². The lowest BCUT2D eigenvalue weighted by atomic mass is 9.86. The van der Waals surface area contributed by atoms with Crippen molar-refractivity contribution in [1.29, 1.82) is 0 Å². The second-order valence-corrected chi connectivity index (χ2v) is 6.70. The number of carbonyl (C=O) groups excluding carboxylic acids is 2. The van der Waals surface area contributed by atoms with E-state index in [1.807, 2.05) is 13.0 Å². The monoisotopic (exact) mass is 335 g/mol. The van der Waals surface area contributed by atoms with E-state index in [1.165, 1.54) is 19.3 Å². The molecule has 0 saturated carbocycles. The molecule has 0 fully saturated rings. The minimum absolute atomic E-state index is 0.0416. The number of furan rings is 1. The van der Waals surface area contributed by atoms with Crippen molar-refractivity contribution in [3.63, 3.8) is 0 Å². The highest BCUT2D eigenvalue weighted by Crippen LogP contribution is 2.21. The van der Waals surface area contributed by atoms with Gasteiger partial charge in [-0.15, -0.1) is 0 Å². The van der Waals surface area contributed by atoms with Crippen LogP contribution in [0.1, 0.15) is 77.9 Å². The molecule has 0 aliphatic rings. The molecular formula is C20H33NO3. The summed E-state index contributed by atoms with van der Waals surface area (Å²) in [5.41, 5.74) is 0. The largest absolute Gasteiger partial charge is 0.467 e. The normalized spacial score (nSPS) is 13.5. The van der Waals surface area contributed by atoms with Crippen LogP contribution in [-0.4, -0.2) is 11.7 Å². The minimum atomic E-state index is -0.242. The van der Waals surface area contributed by atoms with Gasteiger partial charge in [0.15, 0.2) is 0 Å². The molecule has 0 aromatic carbocycles. The maximum atomic E-state index is 12.5. The van der Waals surface area contributed by atoms with Crippen LogP contribution in [0.5, 0.6) is 0 Å². The van der Waals surface area contributed by atoms with Gasteiger partial charge in [0.2, 0.25) is 5.91 Å². The van der Waals surface area contributed by atoms with Gasteiger partial charge in [0, 0.05) is 18.8 Å². The SMILES string of the molecule is CCCCCCCC(=O)CC(C(=O)NCc1ccco1)C(C)CC. The van der Waals surface area contributed by atoms with Gasteiger partial charge < -0.3 is 9.73 Å². The van der Waals surface area contributed by atoms with Crippen molar-refractivity contribution in [2.24, 2.45) is 11.8 Å². The van der Waals surface area contributed by atoms with Crippen LogP contribution in [0.3, 0.4) is 0 Å². The van der Waals surface area contributed by atoms with Crippen LogP contribution < -0.4 is 5.32 Å². The topological polar surface area (TPSA) is 59.3 Å². The molecule has 1 aromatic rings.